The highest BCUT2D eigenvalue weighted by molar-refractivity contribution is 5.77. The van der Waals surface area contributed by atoms with Gasteiger partial charge in [0.1, 0.15) is 6.61 Å². The highest BCUT2D eigenvalue weighted by atomic mass is 16.5. The molecule has 3 N–H and O–H groups in total. The third-order valence-corrected chi connectivity index (χ3v) is 13.9. The first kappa shape index (κ1) is 62.2. The van der Waals surface area contributed by atoms with Crippen LogP contribution in [0.1, 0.15) is 288 Å². The second-order valence-corrected chi connectivity index (χ2v) is 22.2. The number of hydrogen-bond donors (Lipinski definition) is 3. The first-order chi connectivity index (χ1) is 30.5. The lowest BCUT2D eigenvalue weighted by Crippen LogP contribution is -2.49. The predicted molar refractivity (Wildman–Crippen MR) is 275 cm³/mol. The molecule has 0 radical (unpaired) electrons. The van der Waals surface area contributed by atoms with Crippen molar-refractivity contribution in [2.75, 3.05) is 26.3 Å². The smallest absolute Gasteiger partial charge is 0.407 e. The quantitative estimate of drug-likeness (QED) is 0.0528. The van der Waals surface area contributed by atoms with Crippen molar-refractivity contribution in [2.24, 2.45) is 16.7 Å². The van der Waals surface area contributed by atoms with Crippen LogP contribution in [0.2, 0.25) is 0 Å². The van der Waals surface area contributed by atoms with E-state index in [4.69, 9.17) is 9.47 Å². The summed E-state index contributed by atoms with van der Waals surface area (Å²) >= 11 is 0. The molecule has 0 aromatic heterocycles. The zero-order valence-corrected chi connectivity index (χ0v) is 44.6. The molecule has 0 spiro atoms. The molecular weight excluding hydrogens is 795 g/mol. The maximum atomic E-state index is 13.1. The number of ether oxygens (including phenoxy) is 2. The van der Waals surface area contributed by atoms with Gasteiger partial charge in [0, 0.05) is 32.5 Å². The highest BCUT2D eigenvalue weighted by Crippen LogP contribution is 2.44. The van der Waals surface area contributed by atoms with Crippen LogP contribution < -0.4 is 16.0 Å². The average Bonchev–Trinajstić information content (AvgIpc) is 3.23. The fraction of sp³-hybridized carbons (Fsp3) is 0.946. The van der Waals surface area contributed by atoms with Crippen LogP contribution in [0.4, 0.5) is 4.79 Å². The molecule has 64 heavy (non-hydrogen) atoms. The lowest BCUT2D eigenvalue weighted by atomic mass is 9.63. The van der Waals surface area contributed by atoms with Crippen molar-refractivity contribution in [3.8, 4) is 0 Å². The van der Waals surface area contributed by atoms with E-state index in [9.17, 15) is 14.4 Å². The number of hydrogen-bond acceptors (Lipinski definition) is 5. The topological polar surface area (TPSA) is 106 Å². The number of rotatable bonds is 46. The molecule has 0 aliphatic carbocycles. The summed E-state index contributed by atoms with van der Waals surface area (Å²) in [6.07, 6.45) is 40.9. The monoisotopic (exact) mass is 906 g/mol. The van der Waals surface area contributed by atoms with Crippen LogP contribution in [-0.2, 0) is 19.1 Å². The van der Waals surface area contributed by atoms with Crippen LogP contribution in [0.15, 0.2) is 0 Å². The number of nitrogens with one attached hydrogen (secondary N) is 3. The molecule has 0 saturated carbocycles. The molecule has 0 fully saturated rings. The van der Waals surface area contributed by atoms with Crippen LogP contribution in [0.3, 0.4) is 0 Å². The van der Waals surface area contributed by atoms with E-state index in [1.54, 1.807) is 0 Å². The summed E-state index contributed by atoms with van der Waals surface area (Å²) in [6, 6.07) is -0.493. The first-order valence-corrected chi connectivity index (χ1v) is 27.7. The van der Waals surface area contributed by atoms with Gasteiger partial charge in [0.25, 0.3) is 0 Å². The Morgan fingerprint density at radius 3 is 1.25 bits per heavy atom. The number of carbonyl (C=O) groups excluding carboxylic acids is 3. The summed E-state index contributed by atoms with van der Waals surface area (Å²) in [5, 5.41) is 9.10. The van der Waals surface area contributed by atoms with Crippen molar-refractivity contribution in [2.45, 2.75) is 299 Å². The third kappa shape index (κ3) is 38.3. The number of carbonyl (C=O) groups is 3. The van der Waals surface area contributed by atoms with E-state index >= 15 is 0 Å². The lowest BCUT2D eigenvalue weighted by molar-refractivity contribution is -0.124. The Bertz CT molecular complexity index is 1110. The molecule has 3 amide bonds. The SMILES string of the molecule is CCCCCCCCCCCCCCCCCC(=O)NCC(COC(=O)NCC(C)(C)C(C)(C)CC(C)(C)OCCC(C)C)NC(=O)CCCCCCCCCCCCCCCCC. The number of alkyl carbamates (subject to hydrolysis) is 1. The molecular formula is C56H111N3O5. The van der Waals surface area contributed by atoms with Gasteiger partial charge in [-0.05, 0) is 56.3 Å². The number of amides is 3. The molecule has 0 rings (SSSR count). The normalized spacial score (nSPS) is 12.7. The van der Waals surface area contributed by atoms with Gasteiger partial charge in [-0.25, -0.2) is 4.79 Å². The van der Waals surface area contributed by atoms with Gasteiger partial charge in [0.05, 0.1) is 11.6 Å². The molecule has 0 bridgehead atoms. The van der Waals surface area contributed by atoms with E-state index in [0.717, 1.165) is 51.6 Å². The molecule has 8 heteroatoms. The largest absolute Gasteiger partial charge is 0.447 e. The number of unbranched alkanes of at least 4 members (excludes halogenated alkanes) is 28. The van der Waals surface area contributed by atoms with Gasteiger partial charge < -0.3 is 25.4 Å². The molecule has 380 valence electrons. The van der Waals surface area contributed by atoms with Crippen molar-refractivity contribution in [1.82, 2.24) is 16.0 Å². The third-order valence-electron chi connectivity index (χ3n) is 13.9. The zero-order chi connectivity index (χ0) is 47.8. The van der Waals surface area contributed by atoms with E-state index in [-0.39, 0.29) is 41.4 Å². The lowest BCUT2D eigenvalue weighted by Gasteiger charge is -2.46. The van der Waals surface area contributed by atoms with Crippen LogP contribution in [0.5, 0.6) is 0 Å². The second kappa shape index (κ2) is 40.3. The highest BCUT2D eigenvalue weighted by Gasteiger charge is 2.41. The van der Waals surface area contributed by atoms with Gasteiger partial charge >= 0.3 is 6.09 Å². The van der Waals surface area contributed by atoms with Crippen LogP contribution >= 0.6 is 0 Å². The summed E-state index contributed by atoms with van der Waals surface area (Å²) in [7, 11) is 0. The summed E-state index contributed by atoms with van der Waals surface area (Å²) in [5.41, 5.74) is -0.668. The molecule has 1 atom stereocenters. The Morgan fingerprint density at radius 2 is 0.859 bits per heavy atom. The molecule has 0 aliphatic heterocycles. The minimum Gasteiger partial charge on any atom is -0.447 e. The molecule has 0 aliphatic rings. The maximum Gasteiger partial charge on any atom is 0.407 e. The maximum absolute atomic E-state index is 13.1. The summed E-state index contributed by atoms with van der Waals surface area (Å²) in [6.45, 7) is 23.5. The second-order valence-electron chi connectivity index (χ2n) is 22.2. The molecule has 0 aromatic carbocycles. The van der Waals surface area contributed by atoms with Crippen molar-refractivity contribution in [3.63, 3.8) is 0 Å². The van der Waals surface area contributed by atoms with E-state index in [1.165, 1.54) is 161 Å². The van der Waals surface area contributed by atoms with Gasteiger partial charge in [-0.3, -0.25) is 9.59 Å². The Balaban J connectivity index is 4.77. The van der Waals surface area contributed by atoms with Crippen LogP contribution in [0.25, 0.3) is 0 Å². The first-order valence-electron chi connectivity index (χ1n) is 27.7. The Morgan fingerprint density at radius 1 is 0.484 bits per heavy atom. The average molecular weight is 907 g/mol. The van der Waals surface area contributed by atoms with Crippen LogP contribution in [0, 0.1) is 16.7 Å². The Hall–Kier alpha value is -1.83. The van der Waals surface area contributed by atoms with Gasteiger partial charge in [0.15, 0.2) is 0 Å². The summed E-state index contributed by atoms with van der Waals surface area (Å²) in [5.74, 6) is 0.532. The van der Waals surface area contributed by atoms with Gasteiger partial charge in [0.2, 0.25) is 11.8 Å². The minimum absolute atomic E-state index is 0.00376. The van der Waals surface area contributed by atoms with Crippen molar-refractivity contribution >= 4 is 17.9 Å². The summed E-state index contributed by atoms with van der Waals surface area (Å²) < 4.78 is 12.0. The summed E-state index contributed by atoms with van der Waals surface area (Å²) in [4.78, 5) is 39.0. The van der Waals surface area contributed by atoms with Crippen LogP contribution in [-0.4, -0.2) is 55.9 Å². The van der Waals surface area contributed by atoms with E-state index in [1.807, 2.05) is 0 Å². The molecule has 0 aromatic rings. The fourth-order valence-corrected chi connectivity index (χ4v) is 8.78. The predicted octanol–water partition coefficient (Wildman–Crippen LogP) is 16.1. The zero-order valence-electron chi connectivity index (χ0n) is 44.6. The van der Waals surface area contributed by atoms with Gasteiger partial charge in [-0.2, -0.15) is 0 Å². The molecule has 0 saturated heterocycles. The van der Waals surface area contributed by atoms with E-state index in [0.29, 0.717) is 25.3 Å². The van der Waals surface area contributed by atoms with E-state index < -0.39 is 12.1 Å². The Kier molecular flexibility index (Phi) is 39.1. The Labute approximate surface area is 398 Å². The van der Waals surface area contributed by atoms with Gasteiger partial charge in [-0.15, -0.1) is 0 Å². The van der Waals surface area contributed by atoms with Crippen molar-refractivity contribution in [3.05, 3.63) is 0 Å². The molecule has 0 heterocycles. The van der Waals surface area contributed by atoms with Crippen molar-refractivity contribution < 1.29 is 23.9 Å². The minimum atomic E-state index is -0.512. The fourth-order valence-electron chi connectivity index (χ4n) is 8.78. The standard InChI is InChI=1S/C56H111N3O5/c1-11-13-15-17-19-21-23-25-27-29-31-33-35-37-39-41-51(60)57-45-50(59-52(61)42-40-38-36-34-32-30-28-26-24-22-20-18-16-14-12-2)46-63-53(62)58-48-55(7,8)54(5,6)47-56(9,10)64-44-43-49(3)4/h49-50H,11-48H2,1-10H3,(H,57,60)(H,58,62)(H,59,61). The molecule has 8 nitrogen and oxygen atoms in total. The molecule has 1 unspecified atom stereocenters. The van der Waals surface area contributed by atoms with Crippen molar-refractivity contribution in [1.29, 1.82) is 0 Å². The van der Waals surface area contributed by atoms with Gasteiger partial charge in [-0.1, -0.05) is 235 Å². The van der Waals surface area contributed by atoms with E-state index in [2.05, 4.69) is 85.2 Å².